The van der Waals surface area contributed by atoms with Crippen LogP contribution in [0.15, 0.2) is 28.1 Å². The van der Waals surface area contributed by atoms with Gasteiger partial charge < -0.3 is 9.84 Å². The van der Waals surface area contributed by atoms with E-state index in [0.717, 1.165) is 19.4 Å². The molecule has 0 bridgehead atoms. The molecule has 21 heavy (non-hydrogen) atoms. The summed E-state index contributed by atoms with van der Waals surface area (Å²) in [6.45, 7) is 4.71. The Hall–Kier alpha value is -1.66. The van der Waals surface area contributed by atoms with E-state index in [-0.39, 0.29) is 11.9 Å². The van der Waals surface area contributed by atoms with Gasteiger partial charge in [0.05, 0.1) is 6.04 Å². The zero-order valence-electron chi connectivity index (χ0n) is 12.2. The third-order valence-electron chi connectivity index (χ3n) is 3.92. The molecule has 2 aromatic heterocycles. The molecule has 0 radical (unpaired) electrons. The molecule has 2 aromatic rings. The van der Waals surface area contributed by atoms with Gasteiger partial charge >= 0.3 is 0 Å². The highest BCUT2D eigenvalue weighted by atomic mass is 32.1. The van der Waals surface area contributed by atoms with Crippen LogP contribution >= 0.6 is 11.3 Å². The lowest BCUT2D eigenvalue weighted by Crippen LogP contribution is -2.41. The van der Waals surface area contributed by atoms with E-state index in [1.807, 2.05) is 6.92 Å². The van der Waals surface area contributed by atoms with Gasteiger partial charge in [-0.15, -0.1) is 11.3 Å². The third kappa shape index (κ3) is 3.01. The number of rotatable bonds is 4. The van der Waals surface area contributed by atoms with E-state index in [1.54, 1.807) is 24.3 Å². The molecule has 1 aliphatic heterocycles. The van der Waals surface area contributed by atoms with Gasteiger partial charge in [0.25, 0.3) is 0 Å². The third-order valence-corrected chi connectivity index (χ3v) is 4.90. The SMILES string of the molecule is Cc1cc(NC(=O)C(C)N2CCCC2c2cccs2)no1. The number of hydrogen-bond acceptors (Lipinski definition) is 5. The van der Waals surface area contributed by atoms with Crippen molar-refractivity contribution in [1.82, 2.24) is 10.1 Å². The van der Waals surface area contributed by atoms with Crippen molar-refractivity contribution >= 4 is 23.1 Å². The van der Waals surface area contributed by atoms with Crippen LogP contribution in [0, 0.1) is 6.92 Å². The quantitative estimate of drug-likeness (QED) is 0.942. The minimum Gasteiger partial charge on any atom is -0.360 e. The molecule has 2 unspecified atom stereocenters. The fourth-order valence-electron chi connectivity index (χ4n) is 2.85. The highest BCUT2D eigenvalue weighted by molar-refractivity contribution is 7.10. The van der Waals surface area contributed by atoms with Crippen LogP contribution in [0.3, 0.4) is 0 Å². The molecule has 1 aliphatic rings. The van der Waals surface area contributed by atoms with E-state index in [2.05, 4.69) is 32.9 Å². The number of carbonyl (C=O) groups excluding carboxylic acids is 1. The molecule has 112 valence electrons. The largest absolute Gasteiger partial charge is 0.360 e. The molecule has 3 rings (SSSR count). The van der Waals surface area contributed by atoms with Crippen LogP contribution < -0.4 is 5.32 Å². The number of aryl methyl sites for hydroxylation is 1. The number of likely N-dealkylation sites (tertiary alicyclic amines) is 1. The molecule has 3 heterocycles. The smallest absolute Gasteiger partial charge is 0.242 e. The van der Waals surface area contributed by atoms with Crippen molar-refractivity contribution in [3.63, 3.8) is 0 Å². The second kappa shape index (κ2) is 5.99. The second-order valence-corrected chi connectivity index (χ2v) is 6.38. The van der Waals surface area contributed by atoms with E-state index in [1.165, 1.54) is 4.88 Å². The molecule has 0 saturated carbocycles. The van der Waals surface area contributed by atoms with E-state index >= 15 is 0 Å². The van der Waals surface area contributed by atoms with Crippen LogP contribution in [-0.2, 0) is 4.79 Å². The van der Waals surface area contributed by atoms with Crippen molar-refractivity contribution in [2.24, 2.45) is 0 Å². The maximum Gasteiger partial charge on any atom is 0.242 e. The predicted molar refractivity (Wildman–Crippen MR) is 82.3 cm³/mol. The molecule has 2 atom stereocenters. The van der Waals surface area contributed by atoms with Crippen molar-refractivity contribution < 1.29 is 9.32 Å². The molecular weight excluding hydrogens is 286 g/mol. The Morgan fingerprint density at radius 2 is 2.48 bits per heavy atom. The van der Waals surface area contributed by atoms with Gasteiger partial charge in [0.15, 0.2) is 5.82 Å². The normalized spacial score (nSPS) is 20.6. The Balaban J connectivity index is 1.68. The van der Waals surface area contributed by atoms with Crippen LogP contribution in [0.25, 0.3) is 0 Å². The molecule has 0 aliphatic carbocycles. The van der Waals surface area contributed by atoms with Crippen molar-refractivity contribution in [3.05, 3.63) is 34.2 Å². The van der Waals surface area contributed by atoms with Crippen molar-refractivity contribution in [2.45, 2.75) is 38.8 Å². The lowest BCUT2D eigenvalue weighted by atomic mass is 10.1. The summed E-state index contributed by atoms with van der Waals surface area (Å²) in [4.78, 5) is 16.0. The Morgan fingerprint density at radius 3 is 3.14 bits per heavy atom. The summed E-state index contributed by atoms with van der Waals surface area (Å²) in [7, 11) is 0. The number of nitrogens with one attached hydrogen (secondary N) is 1. The number of amides is 1. The van der Waals surface area contributed by atoms with Gasteiger partial charge in [-0.1, -0.05) is 11.2 Å². The molecule has 0 spiro atoms. The molecule has 1 amide bonds. The molecule has 1 saturated heterocycles. The number of nitrogens with zero attached hydrogens (tertiary/aromatic N) is 2. The maximum absolute atomic E-state index is 12.4. The maximum atomic E-state index is 12.4. The molecule has 0 aromatic carbocycles. The molecule has 6 heteroatoms. The van der Waals surface area contributed by atoms with Crippen LogP contribution in [-0.4, -0.2) is 28.6 Å². The standard InChI is InChI=1S/C15H19N3O2S/c1-10-9-14(17-20-10)16-15(19)11(2)18-7-3-5-12(18)13-6-4-8-21-13/h4,6,8-9,11-12H,3,5,7H2,1-2H3,(H,16,17,19). The van der Waals surface area contributed by atoms with E-state index in [0.29, 0.717) is 17.6 Å². The lowest BCUT2D eigenvalue weighted by Gasteiger charge is -2.28. The Labute approximate surface area is 127 Å². The lowest BCUT2D eigenvalue weighted by molar-refractivity contribution is -0.121. The highest BCUT2D eigenvalue weighted by Gasteiger charge is 2.33. The van der Waals surface area contributed by atoms with Crippen LogP contribution in [0.4, 0.5) is 5.82 Å². The van der Waals surface area contributed by atoms with Gasteiger partial charge in [0.1, 0.15) is 5.76 Å². The molecular formula is C15H19N3O2S. The number of hydrogen-bond donors (Lipinski definition) is 1. The van der Waals surface area contributed by atoms with Gasteiger partial charge in [0, 0.05) is 17.0 Å². The summed E-state index contributed by atoms with van der Waals surface area (Å²) in [6, 6.07) is 6.12. The predicted octanol–water partition coefficient (Wildman–Crippen LogP) is 3.21. The first-order valence-corrected chi connectivity index (χ1v) is 8.06. The average molecular weight is 305 g/mol. The van der Waals surface area contributed by atoms with Crippen LogP contribution in [0.1, 0.15) is 36.4 Å². The summed E-state index contributed by atoms with van der Waals surface area (Å²) in [5.74, 6) is 1.14. The van der Waals surface area contributed by atoms with Crippen LogP contribution in [0.2, 0.25) is 0 Å². The minimum atomic E-state index is -0.184. The fraction of sp³-hybridized carbons (Fsp3) is 0.467. The number of thiophene rings is 1. The minimum absolute atomic E-state index is 0.0354. The Kier molecular flexibility index (Phi) is 4.07. The summed E-state index contributed by atoms with van der Waals surface area (Å²) >= 11 is 1.76. The first kappa shape index (κ1) is 14.3. The van der Waals surface area contributed by atoms with E-state index in [4.69, 9.17) is 4.52 Å². The van der Waals surface area contributed by atoms with Crippen LogP contribution in [0.5, 0.6) is 0 Å². The molecule has 5 nitrogen and oxygen atoms in total. The van der Waals surface area contributed by atoms with Crippen molar-refractivity contribution in [3.8, 4) is 0 Å². The number of anilines is 1. The number of carbonyl (C=O) groups is 1. The first-order chi connectivity index (χ1) is 10.1. The van der Waals surface area contributed by atoms with Gasteiger partial charge in [-0.3, -0.25) is 9.69 Å². The van der Waals surface area contributed by atoms with Gasteiger partial charge in [-0.2, -0.15) is 0 Å². The summed E-state index contributed by atoms with van der Waals surface area (Å²) in [5.41, 5.74) is 0. The highest BCUT2D eigenvalue weighted by Crippen LogP contribution is 2.35. The van der Waals surface area contributed by atoms with Gasteiger partial charge in [-0.25, -0.2) is 0 Å². The second-order valence-electron chi connectivity index (χ2n) is 5.40. The topological polar surface area (TPSA) is 58.4 Å². The Bertz CT molecular complexity index is 608. The first-order valence-electron chi connectivity index (χ1n) is 7.18. The summed E-state index contributed by atoms with van der Waals surface area (Å²) < 4.78 is 4.97. The molecule has 1 N–H and O–H groups in total. The monoisotopic (exact) mass is 305 g/mol. The molecule has 1 fully saturated rings. The van der Waals surface area contributed by atoms with Gasteiger partial charge in [-0.05, 0) is 44.7 Å². The van der Waals surface area contributed by atoms with E-state index in [9.17, 15) is 4.79 Å². The summed E-state index contributed by atoms with van der Waals surface area (Å²) in [6.07, 6.45) is 2.24. The van der Waals surface area contributed by atoms with Gasteiger partial charge in [0.2, 0.25) is 5.91 Å². The van der Waals surface area contributed by atoms with Crippen molar-refractivity contribution in [2.75, 3.05) is 11.9 Å². The Morgan fingerprint density at radius 1 is 1.62 bits per heavy atom. The fourth-order valence-corrected chi connectivity index (χ4v) is 3.73. The zero-order valence-corrected chi connectivity index (χ0v) is 13.0. The summed E-state index contributed by atoms with van der Waals surface area (Å²) in [5, 5.41) is 8.73. The zero-order chi connectivity index (χ0) is 14.8. The van der Waals surface area contributed by atoms with Crippen molar-refractivity contribution in [1.29, 1.82) is 0 Å². The number of aromatic nitrogens is 1. The average Bonchev–Trinajstić information content (AvgIpc) is 3.18. The van der Waals surface area contributed by atoms with E-state index < -0.39 is 0 Å².